The molecule has 1 unspecified atom stereocenters. The minimum Gasteiger partial charge on any atom is -0.349 e. The van der Waals surface area contributed by atoms with E-state index in [9.17, 15) is 4.79 Å². The van der Waals surface area contributed by atoms with Gasteiger partial charge in [0.25, 0.3) is 5.91 Å². The first kappa shape index (κ1) is 18.1. The van der Waals surface area contributed by atoms with E-state index < -0.39 is 0 Å². The summed E-state index contributed by atoms with van der Waals surface area (Å²) in [6, 6.07) is 10.5. The second-order valence-corrected chi connectivity index (χ2v) is 8.58. The molecule has 1 saturated carbocycles. The highest BCUT2D eigenvalue weighted by atomic mass is 32.1. The molecule has 3 aromatic rings. The molecule has 1 aromatic carbocycles. The Labute approximate surface area is 164 Å². The molecule has 0 aliphatic heterocycles. The van der Waals surface area contributed by atoms with Crippen molar-refractivity contribution in [3.8, 4) is 0 Å². The van der Waals surface area contributed by atoms with Gasteiger partial charge in [0, 0.05) is 17.3 Å². The van der Waals surface area contributed by atoms with Gasteiger partial charge in [-0.05, 0) is 57.6 Å². The molecule has 1 fully saturated rings. The number of aryl methyl sites for hydroxylation is 3. The van der Waals surface area contributed by atoms with E-state index >= 15 is 0 Å². The predicted molar refractivity (Wildman–Crippen MR) is 111 cm³/mol. The fourth-order valence-corrected chi connectivity index (χ4v) is 4.63. The molecule has 2 aromatic heterocycles. The summed E-state index contributed by atoms with van der Waals surface area (Å²) in [6.07, 6.45) is 4.25. The normalized spacial score (nSPS) is 15.1. The van der Waals surface area contributed by atoms with Crippen molar-refractivity contribution in [3.05, 3.63) is 57.9 Å². The molecule has 0 bridgehead atoms. The van der Waals surface area contributed by atoms with Crippen molar-refractivity contribution in [2.24, 2.45) is 0 Å². The molecule has 0 radical (unpaired) electrons. The van der Waals surface area contributed by atoms with Crippen molar-refractivity contribution in [2.45, 2.75) is 58.4 Å². The third-order valence-electron chi connectivity index (χ3n) is 5.22. The predicted octanol–water partition coefficient (Wildman–Crippen LogP) is 4.94. The molecule has 1 amide bonds. The summed E-state index contributed by atoms with van der Waals surface area (Å²) in [7, 11) is 0. The Morgan fingerprint density at radius 2 is 1.96 bits per heavy atom. The minimum absolute atomic E-state index is 0.00318. The summed E-state index contributed by atoms with van der Waals surface area (Å²) < 4.78 is 0. The number of carbonyl (C=O) groups excluding carboxylic acids is 1. The first-order valence-corrected chi connectivity index (χ1v) is 10.5. The largest absolute Gasteiger partial charge is 0.349 e. The first-order chi connectivity index (χ1) is 13.0. The van der Waals surface area contributed by atoms with Crippen LogP contribution >= 0.6 is 11.3 Å². The van der Waals surface area contributed by atoms with Crippen LogP contribution in [0, 0.1) is 13.8 Å². The molecule has 0 spiro atoms. The summed E-state index contributed by atoms with van der Waals surface area (Å²) in [4.78, 5) is 24.0. The summed E-state index contributed by atoms with van der Waals surface area (Å²) in [5.41, 5.74) is 3.30. The highest BCUT2D eigenvalue weighted by molar-refractivity contribution is 7.20. The fraction of sp³-hybridized carbons (Fsp3) is 0.409. The van der Waals surface area contributed by atoms with Gasteiger partial charge < -0.3 is 5.32 Å². The molecule has 27 heavy (non-hydrogen) atoms. The number of hydrogen-bond acceptors (Lipinski definition) is 4. The Hall–Kier alpha value is -2.27. The number of carbonyl (C=O) groups is 1. The van der Waals surface area contributed by atoms with Crippen molar-refractivity contribution >= 4 is 27.5 Å². The smallest absolute Gasteiger partial charge is 0.261 e. The number of nitrogens with one attached hydrogen (secondary N) is 1. The van der Waals surface area contributed by atoms with Gasteiger partial charge in [-0.25, -0.2) is 9.97 Å². The van der Waals surface area contributed by atoms with E-state index in [0.717, 1.165) is 45.0 Å². The summed E-state index contributed by atoms with van der Waals surface area (Å²) in [5, 5.41) is 4.21. The number of amides is 1. The number of benzene rings is 1. The van der Waals surface area contributed by atoms with E-state index in [4.69, 9.17) is 4.98 Å². The van der Waals surface area contributed by atoms with E-state index in [1.54, 1.807) is 0 Å². The Kier molecular flexibility index (Phi) is 4.96. The van der Waals surface area contributed by atoms with Gasteiger partial charge in [-0.3, -0.25) is 4.79 Å². The molecule has 5 heteroatoms. The standard InChI is InChI=1S/C22H25N3OS/c1-13(9-10-16-7-5-4-6-8-16)23-21(26)19-14(2)18-15(3)24-20(17-11-12-17)25-22(18)27-19/h4-8,13,17H,9-12H2,1-3H3,(H,23,26). The lowest BCUT2D eigenvalue weighted by atomic mass is 10.1. The number of hydrogen-bond donors (Lipinski definition) is 1. The number of nitrogens with zero attached hydrogens (tertiary/aromatic N) is 2. The van der Waals surface area contributed by atoms with E-state index in [1.165, 1.54) is 29.7 Å². The minimum atomic E-state index is 0.00318. The van der Waals surface area contributed by atoms with Crippen LogP contribution in [0.3, 0.4) is 0 Å². The molecular weight excluding hydrogens is 354 g/mol. The third kappa shape index (κ3) is 3.88. The lowest BCUT2D eigenvalue weighted by Gasteiger charge is -2.13. The van der Waals surface area contributed by atoms with Crippen LogP contribution in [0.1, 0.15) is 64.4 Å². The zero-order valence-electron chi connectivity index (χ0n) is 16.1. The molecular formula is C22H25N3OS. The zero-order valence-corrected chi connectivity index (χ0v) is 16.9. The van der Waals surface area contributed by atoms with Gasteiger partial charge in [0.05, 0.1) is 10.6 Å². The molecule has 4 rings (SSSR count). The Bertz CT molecular complexity index is 976. The number of thiophene rings is 1. The SMILES string of the molecule is Cc1nc(C2CC2)nc2sc(C(=O)NC(C)CCc3ccccc3)c(C)c12. The van der Waals surface area contributed by atoms with E-state index in [1.807, 2.05) is 19.9 Å². The molecule has 4 nitrogen and oxygen atoms in total. The quantitative estimate of drug-likeness (QED) is 0.660. The molecule has 0 saturated heterocycles. The van der Waals surface area contributed by atoms with Crippen molar-refractivity contribution in [1.29, 1.82) is 0 Å². The van der Waals surface area contributed by atoms with Crippen LogP contribution in [0.15, 0.2) is 30.3 Å². The van der Waals surface area contributed by atoms with Crippen molar-refractivity contribution in [2.75, 3.05) is 0 Å². The van der Waals surface area contributed by atoms with Gasteiger partial charge in [-0.1, -0.05) is 30.3 Å². The summed E-state index contributed by atoms with van der Waals surface area (Å²) >= 11 is 1.50. The van der Waals surface area contributed by atoms with Crippen LogP contribution in [-0.4, -0.2) is 21.9 Å². The fourth-order valence-electron chi connectivity index (χ4n) is 3.49. The monoisotopic (exact) mass is 379 g/mol. The van der Waals surface area contributed by atoms with Gasteiger partial charge in [0.2, 0.25) is 0 Å². The molecule has 140 valence electrons. The molecule has 1 aliphatic carbocycles. The van der Waals surface area contributed by atoms with E-state index in [2.05, 4.69) is 41.5 Å². The Balaban J connectivity index is 1.48. The lowest BCUT2D eigenvalue weighted by Crippen LogP contribution is -2.32. The van der Waals surface area contributed by atoms with Gasteiger partial charge in [-0.2, -0.15) is 0 Å². The van der Waals surface area contributed by atoms with Gasteiger partial charge >= 0.3 is 0 Å². The van der Waals surface area contributed by atoms with Crippen LogP contribution in [0.2, 0.25) is 0 Å². The molecule has 1 aliphatic rings. The maximum atomic E-state index is 12.9. The van der Waals surface area contributed by atoms with Crippen LogP contribution in [-0.2, 0) is 6.42 Å². The maximum absolute atomic E-state index is 12.9. The topological polar surface area (TPSA) is 54.9 Å². The Morgan fingerprint density at radius 3 is 2.67 bits per heavy atom. The first-order valence-electron chi connectivity index (χ1n) is 9.65. The van der Waals surface area contributed by atoms with Crippen LogP contribution in [0.5, 0.6) is 0 Å². The third-order valence-corrected chi connectivity index (χ3v) is 6.41. The second kappa shape index (κ2) is 7.39. The number of aromatic nitrogens is 2. The maximum Gasteiger partial charge on any atom is 0.261 e. The highest BCUT2D eigenvalue weighted by Gasteiger charge is 2.28. The van der Waals surface area contributed by atoms with Gasteiger partial charge in [-0.15, -0.1) is 11.3 Å². The van der Waals surface area contributed by atoms with E-state index in [0.29, 0.717) is 5.92 Å². The average molecular weight is 380 g/mol. The highest BCUT2D eigenvalue weighted by Crippen LogP contribution is 2.40. The number of rotatable bonds is 6. The van der Waals surface area contributed by atoms with E-state index in [-0.39, 0.29) is 11.9 Å². The lowest BCUT2D eigenvalue weighted by molar-refractivity contribution is 0.0942. The Morgan fingerprint density at radius 1 is 1.22 bits per heavy atom. The summed E-state index contributed by atoms with van der Waals surface area (Å²) in [5.74, 6) is 1.47. The molecule has 2 heterocycles. The van der Waals surface area contributed by atoms with Crippen molar-refractivity contribution < 1.29 is 4.79 Å². The second-order valence-electron chi connectivity index (χ2n) is 7.58. The van der Waals surface area contributed by atoms with Crippen LogP contribution in [0.4, 0.5) is 0 Å². The van der Waals surface area contributed by atoms with Crippen molar-refractivity contribution in [1.82, 2.24) is 15.3 Å². The number of fused-ring (bicyclic) bond motifs is 1. The zero-order chi connectivity index (χ0) is 19.0. The van der Waals surface area contributed by atoms with Crippen molar-refractivity contribution in [3.63, 3.8) is 0 Å². The molecule has 1 N–H and O–H groups in total. The van der Waals surface area contributed by atoms with Crippen LogP contribution in [0.25, 0.3) is 10.2 Å². The van der Waals surface area contributed by atoms with Gasteiger partial charge in [0.1, 0.15) is 10.7 Å². The van der Waals surface area contributed by atoms with Gasteiger partial charge in [0.15, 0.2) is 0 Å². The van der Waals surface area contributed by atoms with Crippen LogP contribution < -0.4 is 5.32 Å². The molecule has 1 atom stereocenters. The summed E-state index contributed by atoms with van der Waals surface area (Å²) in [6.45, 7) is 6.11. The average Bonchev–Trinajstić information content (AvgIpc) is 3.44.